The van der Waals surface area contributed by atoms with Crippen LogP contribution in [0.15, 0.2) is 41.5 Å². The van der Waals surface area contributed by atoms with Gasteiger partial charge in [0.2, 0.25) is 5.69 Å². The summed E-state index contributed by atoms with van der Waals surface area (Å²) in [5.41, 5.74) is 0.205. The average molecular weight is 431 g/mol. The molecule has 0 bridgehead atoms. The van der Waals surface area contributed by atoms with Crippen molar-refractivity contribution in [3.63, 3.8) is 0 Å². The number of aromatic nitrogens is 3. The first-order valence-corrected chi connectivity index (χ1v) is 9.44. The number of amides is 1. The monoisotopic (exact) mass is 431 g/mol. The highest BCUT2D eigenvalue weighted by molar-refractivity contribution is 7.22. The fourth-order valence-electron chi connectivity index (χ4n) is 3.23. The van der Waals surface area contributed by atoms with Gasteiger partial charge in [-0.3, -0.25) is 9.59 Å². The van der Waals surface area contributed by atoms with E-state index in [1.165, 1.54) is 22.2 Å². The van der Waals surface area contributed by atoms with Crippen LogP contribution in [0.1, 0.15) is 0 Å². The first-order valence-electron chi connectivity index (χ1n) is 8.62. The minimum absolute atomic E-state index is 0.0669. The molecule has 4 rings (SSSR count). The van der Waals surface area contributed by atoms with Crippen LogP contribution in [0.5, 0.6) is 0 Å². The maximum absolute atomic E-state index is 12.5. The number of halogens is 3. The van der Waals surface area contributed by atoms with E-state index in [4.69, 9.17) is 6.57 Å². The SMILES string of the molecule is [C-]#[N+]c1c(-c2cc3ccccc3s2)n(CCNC(=O)C(F)(F)F)c2c(=O)[nH]cnc12. The van der Waals surface area contributed by atoms with E-state index in [1.807, 2.05) is 30.3 Å². The van der Waals surface area contributed by atoms with Crippen LogP contribution < -0.4 is 10.9 Å². The number of nitrogens with zero attached hydrogens (tertiary/aromatic N) is 3. The molecule has 0 fully saturated rings. The van der Waals surface area contributed by atoms with Crippen molar-refractivity contribution in [2.45, 2.75) is 12.7 Å². The van der Waals surface area contributed by atoms with Crippen molar-refractivity contribution >= 4 is 44.1 Å². The van der Waals surface area contributed by atoms with E-state index in [9.17, 15) is 22.8 Å². The van der Waals surface area contributed by atoms with Gasteiger partial charge in [-0.25, -0.2) is 9.83 Å². The number of rotatable bonds is 4. The van der Waals surface area contributed by atoms with Gasteiger partial charge in [0.25, 0.3) is 5.56 Å². The second-order valence-electron chi connectivity index (χ2n) is 6.29. The van der Waals surface area contributed by atoms with Gasteiger partial charge in [-0.05, 0) is 17.5 Å². The van der Waals surface area contributed by atoms with Gasteiger partial charge in [0.05, 0.1) is 18.6 Å². The zero-order valence-electron chi connectivity index (χ0n) is 15.1. The molecule has 1 aromatic carbocycles. The molecule has 11 heteroatoms. The van der Waals surface area contributed by atoms with Crippen LogP contribution in [0.3, 0.4) is 0 Å². The van der Waals surface area contributed by atoms with Crippen molar-refractivity contribution in [3.8, 4) is 10.6 Å². The predicted molar refractivity (Wildman–Crippen MR) is 106 cm³/mol. The predicted octanol–water partition coefficient (Wildman–Crippen LogP) is 3.84. The molecule has 0 unspecified atom stereocenters. The fraction of sp³-hybridized carbons (Fsp3) is 0.158. The lowest BCUT2D eigenvalue weighted by atomic mass is 10.2. The third-order valence-corrected chi connectivity index (χ3v) is 5.59. The number of hydrogen-bond acceptors (Lipinski definition) is 4. The van der Waals surface area contributed by atoms with Crippen LogP contribution in [0.25, 0.3) is 36.5 Å². The Labute approximate surface area is 170 Å². The number of carbonyl (C=O) groups is 1. The van der Waals surface area contributed by atoms with E-state index >= 15 is 0 Å². The number of thiophene rings is 1. The van der Waals surface area contributed by atoms with E-state index in [0.717, 1.165) is 10.1 Å². The Morgan fingerprint density at radius 2 is 2.10 bits per heavy atom. The highest BCUT2D eigenvalue weighted by Gasteiger charge is 2.38. The number of hydrogen-bond donors (Lipinski definition) is 2. The number of alkyl halides is 3. The van der Waals surface area contributed by atoms with Gasteiger partial charge in [0.15, 0.2) is 0 Å². The summed E-state index contributed by atoms with van der Waals surface area (Å²) in [4.78, 5) is 34.3. The third-order valence-electron chi connectivity index (χ3n) is 4.47. The van der Waals surface area contributed by atoms with E-state index in [-0.39, 0.29) is 29.8 Å². The summed E-state index contributed by atoms with van der Waals surface area (Å²) >= 11 is 1.39. The lowest BCUT2D eigenvalue weighted by Gasteiger charge is -2.12. The standard InChI is InChI=1S/C19H12F3N5O2S/c1-23-13-14-16(17(28)26-9-25-14)27(7-6-24-18(29)19(20,21)22)15(13)12-8-10-4-2-3-5-11(10)30-12/h2-5,8-9H,6-7H2,(H,24,29)(H,25,26,28). The Morgan fingerprint density at radius 3 is 2.80 bits per heavy atom. The summed E-state index contributed by atoms with van der Waals surface area (Å²) in [5.74, 6) is -2.07. The van der Waals surface area contributed by atoms with Crippen molar-refractivity contribution in [1.82, 2.24) is 19.9 Å². The molecule has 0 aliphatic rings. The molecule has 0 spiro atoms. The molecule has 2 N–H and O–H groups in total. The van der Waals surface area contributed by atoms with Crippen LogP contribution in [0, 0.1) is 6.57 Å². The van der Waals surface area contributed by atoms with Crippen molar-refractivity contribution < 1.29 is 18.0 Å². The van der Waals surface area contributed by atoms with Gasteiger partial charge >= 0.3 is 12.1 Å². The number of nitrogens with one attached hydrogen (secondary N) is 2. The maximum Gasteiger partial charge on any atom is 0.471 e. The molecule has 152 valence electrons. The topological polar surface area (TPSA) is 84.1 Å². The zero-order chi connectivity index (χ0) is 21.5. The number of fused-ring (bicyclic) bond motifs is 2. The van der Waals surface area contributed by atoms with Crippen LogP contribution in [-0.2, 0) is 11.3 Å². The Kier molecular flexibility index (Phi) is 4.79. The van der Waals surface area contributed by atoms with Crippen LogP contribution in [0.2, 0.25) is 0 Å². The molecule has 7 nitrogen and oxygen atoms in total. The second kappa shape index (κ2) is 7.31. The lowest BCUT2D eigenvalue weighted by molar-refractivity contribution is -0.173. The van der Waals surface area contributed by atoms with Gasteiger partial charge in [-0.1, -0.05) is 18.2 Å². The highest BCUT2D eigenvalue weighted by Crippen LogP contribution is 2.42. The summed E-state index contributed by atoms with van der Waals surface area (Å²) in [6, 6.07) is 9.38. The molecule has 0 saturated heterocycles. The van der Waals surface area contributed by atoms with Gasteiger partial charge in [-0.2, -0.15) is 13.2 Å². The Morgan fingerprint density at radius 1 is 1.33 bits per heavy atom. The van der Waals surface area contributed by atoms with Gasteiger partial charge in [0, 0.05) is 22.7 Å². The minimum atomic E-state index is -5.01. The van der Waals surface area contributed by atoms with Crippen molar-refractivity contribution in [1.29, 1.82) is 0 Å². The first kappa shape index (κ1) is 19.7. The number of H-pyrrole nitrogens is 1. The normalized spacial score (nSPS) is 11.7. The molecular formula is C19H12F3N5O2S. The van der Waals surface area contributed by atoms with Crippen molar-refractivity contribution in [2.24, 2.45) is 0 Å². The fourth-order valence-corrected chi connectivity index (χ4v) is 4.35. The van der Waals surface area contributed by atoms with Gasteiger partial charge in [-0.15, -0.1) is 11.3 Å². The number of aromatic amines is 1. The molecule has 3 aromatic heterocycles. The molecule has 0 aliphatic carbocycles. The van der Waals surface area contributed by atoms with E-state index < -0.39 is 17.6 Å². The van der Waals surface area contributed by atoms with Crippen molar-refractivity contribution in [2.75, 3.05) is 6.54 Å². The molecule has 1 amide bonds. The average Bonchev–Trinajstić information content (AvgIpc) is 3.26. The molecule has 0 radical (unpaired) electrons. The molecule has 4 aromatic rings. The number of carbonyl (C=O) groups excluding carboxylic acids is 1. The maximum atomic E-state index is 12.5. The Bertz CT molecular complexity index is 1340. The Hall–Kier alpha value is -3.65. The summed E-state index contributed by atoms with van der Waals surface area (Å²) < 4.78 is 39.9. The zero-order valence-corrected chi connectivity index (χ0v) is 15.9. The molecule has 0 saturated carbocycles. The van der Waals surface area contributed by atoms with Crippen LogP contribution >= 0.6 is 11.3 Å². The smallest absolute Gasteiger partial charge is 0.346 e. The second-order valence-corrected chi connectivity index (χ2v) is 7.38. The largest absolute Gasteiger partial charge is 0.471 e. The molecular weight excluding hydrogens is 419 g/mol. The van der Waals surface area contributed by atoms with Crippen LogP contribution in [0.4, 0.5) is 18.9 Å². The van der Waals surface area contributed by atoms with Gasteiger partial charge in [0.1, 0.15) is 11.0 Å². The molecule has 0 aliphatic heterocycles. The first-order chi connectivity index (χ1) is 14.3. The van der Waals surface area contributed by atoms with Gasteiger partial charge < -0.3 is 14.9 Å². The lowest BCUT2D eigenvalue weighted by Crippen LogP contribution is -2.38. The molecule has 3 heterocycles. The summed E-state index contributed by atoms with van der Waals surface area (Å²) in [7, 11) is 0. The minimum Gasteiger partial charge on any atom is -0.346 e. The quantitative estimate of drug-likeness (QED) is 0.482. The molecule has 30 heavy (non-hydrogen) atoms. The van der Waals surface area contributed by atoms with E-state index in [1.54, 1.807) is 5.32 Å². The molecule has 0 atom stereocenters. The van der Waals surface area contributed by atoms with Crippen molar-refractivity contribution in [3.05, 3.63) is 58.4 Å². The highest BCUT2D eigenvalue weighted by atomic mass is 32.1. The third kappa shape index (κ3) is 3.31. The summed E-state index contributed by atoms with van der Waals surface area (Å²) in [6.07, 6.45) is -3.84. The Balaban J connectivity index is 1.87. The van der Waals surface area contributed by atoms with E-state index in [2.05, 4.69) is 14.8 Å². The van der Waals surface area contributed by atoms with Crippen LogP contribution in [-0.4, -0.2) is 33.2 Å². The number of benzene rings is 1. The summed E-state index contributed by atoms with van der Waals surface area (Å²) in [6.45, 7) is 7.08. The van der Waals surface area contributed by atoms with E-state index in [0.29, 0.717) is 10.6 Å². The summed E-state index contributed by atoms with van der Waals surface area (Å²) in [5, 5.41) is 2.72.